The lowest BCUT2D eigenvalue weighted by atomic mass is 9.94. The molecule has 8 heteroatoms. The number of sulfone groups is 1. The zero-order chi connectivity index (χ0) is 15.4. The zero-order valence-corrected chi connectivity index (χ0v) is 12.0. The third-order valence-corrected chi connectivity index (χ3v) is 4.99. The minimum Gasteiger partial charge on any atom is -0.357 e. The first kappa shape index (κ1) is 13.8. The Balaban J connectivity index is 2.30. The van der Waals surface area contributed by atoms with Gasteiger partial charge in [0.15, 0.2) is 0 Å². The summed E-state index contributed by atoms with van der Waals surface area (Å²) in [5, 5.41) is 3.46. The summed E-state index contributed by atoms with van der Waals surface area (Å²) in [5.74, 6) is -1.15. The molecule has 1 aliphatic heterocycles. The van der Waals surface area contributed by atoms with Gasteiger partial charge in [-0.2, -0.15) is 0 Å². The molecule has 2 heterocycles. The largest absolute Gasteiger partial charge is 0.357 e. The minimum absolute atomic E-state index is 0.146. The van der Waals surface area contributed by atoms with Crippen LogP contribution >= 0.6 is 0 Å². The van der Waals surface area contributed by atoms with Gasteiger partial charge in [0.05, 0.1) is 11.0 Å². The molecule has 0 saturated carbocycles. The lowest BCUT2D eigenvalue weighted by Crippen LogP contribution is -2.34. The van der Waals surface area contributed by atoms with E-state index in [-0.39, 0.29) is 17.0 Å². The second-order valence-electron chi connectivity index (χ2n) is 4.88. The number of nitrogens with zero attached hydrogens (tertiary/aromatic N) is 1. The number of rotatable bonds is 2. The van der Waals surface area contributed by atoms with Crippen molar-refractivity contribution in [1.29, 1.82) is 0 Å². The van der Waals surface area contributed by atoms with Crippen LogP contribution in [0.3, 0.4) is 0 Å². The molecule has 0 radical (unpaired) electrons. The number of nitrogens with one attached hydrogen (secondary N) is 1. The molecule has 0 bridgehead atoms. The van der Waals surface area contributed by atoms with Crippen LogP contribution in [0.2, 0.25) is 0 Å². The maximum Gasteiger partial charge on any atom is 0.227 e. The summed E-state index contributed by atoms with van der Waals surface area (Å²) in [5.41, 5.74) is 6.25. The minimum atomic E-state index is -3.91. The van der Waals surface area contributed by atoms with E-state index in [4.69, 9.17) is 5.73 Å². The van der Waals surface area contributed by atoms with Crippen LogP contribution in [0.5, 0.6) is 0 Å². The molecular formula is C13H13N3O4S. The second-order valence-corrected chi connectivity index (χ2v) is 6.65. The van der Waals surface area contributed by atoms with Crippen molar-refractivity contribution < 1.29 is 18.0 Å². The average Bonchev–Trinajstić information content (AvgIpc) is 2.72. The quantitative estimate of drug-likeness (QED) is 0.769. The Hall–Kier alpha value is -2.19. The van der Waals surface area contributed by atoms with E-state index >= 15 is 0 Å². The van der Waals surface area contributed by atoms with Gasteiger partial charge < -0.3 is 15.6 Å². The maximum atomic E-state index is 12.6. The first-order valence-electron chi connectivity index (χ1n) is 6.28. The van der Waals surface area contributed by atoms with E-state index in [1.165, 1.54) is 4.57 Å². The molecule has 7 nitrogen and oxygen atoms in total. The topological polar surface area (TPSA) is 111 Å². The van der Waals surface area contributed by atoms with Gasteiger partial charge in [0.2, 0.25) is 21.4 Å². The van der Waals surface area contributed by atoms with Crippen LogP contribution in [0.15, 0.2) is 28.4 Å². The van der Waals surface area contributed by atoms with Gasteiger partial charge in [-0.25, -0.2) is 8.42 Å². The molecule has 21 heavy (non-hydrogen) atoms. The Morgan fingerprint density at radius 3 is 2.67 bits per heavy atom. The number of hydrogen-bond acceptors (Lipinski definition) is 6. The molecule has 0 fully saturated rings. The Morgan fingerprint density at radius 1 is 1.29 bits per heavy atom. The van der Waals surface area contributed by atoms with Gasteiger partial charge in [-0.15, -0.1) is 0 Å². The fourth-order valence-electron chi connectivity index (χ4n) is 2.69. The number of aromatic nitrogens is 1. The number of Topliss-reactive ketones (excluding diaryl/α,β-unsaturated/α-hetero) is 2. The zero-order valence-electron chi connectivity index (χ0n) is 11.2. The van der Waals surface area contributed by atoms with Gasteiger partial charge in [-0.3, -0.25) is 9.59 Å². The van der Waals surface area contributed by atoms with E-state index in [0.717, 1.165) is 11.6 Å². The molecule has 1 aromatic rings. The fourth-order valence-corrected chi connectivity index (χ4v) is 3.87. The van der Waals surface area contributed by atoms with Crippen molar-refractivity contribution in [3.63, 3.8) is 0 Å². The summed E-state index contributed by atoms with van der Waals surface area (Å²) in [6.45, 7) is 0.300. The lowest BCUT2D eigenvalue weighted by Gasteiger charge is -2.21. The van der Waals surface area contributed by atoms with Gasteiger partial charge in [-0.05, 0) is 18.5 Å². The summed E-state index contributed by atoms with van der Waals surface area (Å²) in [6.07, 6.45) is 3.19. The van der Waals surface area contributed by atoms with Crippen molar-refractivity contribution in [3.8, 4) is 0 Å². The van der Waals surface area contributed by atoms with Crippen molar-refractivity contribution in [2.24, 2.45) is 12.8 Å². The summed E-state index contributed by atoms with van der Waals surface area (Å²) in [7, 11) is -2.26. The number of ketones is 2. The Bertz CT molecular complexity index is 843. The van der Waals surface area contributed by atoms with Crippen LogP contribution < -0.4 is 11.1 Å². The SMILES string of the molecule is Cn1cc(CCN)c2c1C(=O)C1=C(C2=O)S(=O)(=O)C=CN1. The van der Waals surface area contributed by atoms with Crippen LogP contribution in [0.4, 0.5) is 0 Å². The van der Waals surface area contributed by atoms with Crippen molar-refractivity contribution in [2.45, 2.75) is 6.42 Å². The first-order valence-corrected chi connectivity index (χ1v) is 7.83. The van der Waals surface area contributed by atoms with Crippen LogP contribution in [0, 0.1) is 0 Å². The smallest absolute Gasteiger partial charge is 0.227 e. The Labute approximate surface area is 121 Å². The highest BCUT2D eigenvalue weighted by Crippen LogP contribution is 2.33. The van der Waals surface area contributed by atoms with Gasteiger partial charge in [0, 0.05) is 19.4 Å². The molecule has 110 valence electrons. The molecular weight excluding hydrogens is 294 g/mol. The predicted octanol–water partition coefficient (Wildman–Crippen LogP) is -0.394. The van der Waals surface area contributed by atoms with E-state index < -0.39 is 26.3 Å². The Morgan fingerprint density at radius 2 is 2.00 bits per heavy atom. The Kier molecular flexibility index (Phi) is 2.89. The second kappa shape index (κ2) is 4.40. The third kappa shape index (κ3) is 1.79. The maximum absolute atomic E-state index is 12.6. The number of nitrogens with two attached hydrogens (primary N) is 1. The van der Waals surface area contributed by atoms with Gasteiger partial charge in [0.1, 0.15) is 16.3 Å². The molecule has 0 spiro atoms. The average molecular weight is 307 g/mol. The molecule has 2 aliphatic rings. The fraction of sp³-hybridized carbons (Fsp3) is 0.231. The molecule has 1 aromatic heterocycles. The van der Waals surface area contributed by atoms with E-state index in [9.17, 15) is 18.0 Å². The van der Waals surface area contributed by atoms with E-state index in [1.807, 2.05) is 0 Å². The highest BCUT2D eigenvalue weighted by atomic mass is 32.2. The summed E-state index contributed by atoms with van der Waals surface area (Å²) in [4.78, 5) is 24.6. The van der Waals surface area contributed by atoms with E-state index in [0.29, 0.717) is 18.5 Å². The standard InChI is InChI=1S/C13H13N3O4S/c1-16-6-7(2-3-14)8-10(16)12(18)9-13(11(8)17)21(19,20)5-4-15-9/h4-6,15H,2-3,14H2,1H3. The molecule has 0 atom stereocenters. The number of carbonyl (C=O) groups excluding carboxylic acids is 2. The summed E-state index contributed by atoms with van der Waals surface area (Å²) >= 11 is 0. The molecule has 0 saturated heterocycles. The molecule has 3 rings (SSSR count). The van der Waals surface area contributed by atoms with Gasteiger partial charge >= 0.3 is 0 Å². The van der Waals surface area contributed by atoms with Crippen molar-refractivity contribution >= 4 is 21.4 Å². The van der Waals surface area contributed by atoms with E-state index in [2.05, 4.69) is 5.32 Å². The van der Waals surface area contributed by atoms with Crippen molar-refractivity contribution in [1.82, 2.24) is 9.88 Å². The molecule has 0 aromatic carbocycles. The monoisotopic (exact) mass is 307 g/mol. The highest BCUT2D eigenvalue weighted by Gasteiger charge is 2.42. The summed E-state index contributed by atoms with van der Waals surface area (Å²) < 4.78 is 25.7. The molecule has 0 amide bonds. The molecule has 1 aliphatic carbocycles. The van der Waals surface area contributed by atoms with Crippen molar-refractivity contribution in [2.75, 3.05) is 6.54 Å². The summed E-state index contributed by atoms with van der Waals surface area (Å²) in [6, 6.07) is 0. The number of hydrogen-bond donors (Lipinski definition) is 2. The van der Waals surface area contributed by atoms with Crippen LogP contribution in [-0.4, -0.2) is 31.1 Å². The van der Waals surface area contributed by atoms with Crippen LogP contribution in [0.1, 0.15) is 26.4 Å². The van der Waals surface area contributed by atoms with Gasteiger partial charge in [-0.1, -0.05) is 0 Å². The number of fused-ring (bicyclic) bond motifs is 1. The van der Waals surface area contributed by atoms with Crippen LogP contribution in [-0.2, 0) is 23.3 Å². The first-order chi connectivity index (χ1) is 9.88. The number of aryl methyl sites for hydroxylation is 1. The number of allylic oxidation sites excluding steroid dienone is 2. The van der Waals surface area contributed by atoms with E-state index in [1.54, 1.807) is 13.2 Å². The van der Waals surface area contributed by atoms with Gasteiger partial charge in [0.25, 0.3) is 0 Å². The molecule has 3 N–H and O–H groups in total. The predicted molar refractivity (Wildman–Crippen MR) is 75.1 cm³/mol. The normalized spacial score (nSPS) is 19.3. The van der Waals surface area contributed by atoms with Crippen LogP contribution in [0.25, 0.3) is 0 Å². The number of carbonyl (C=O) groups is 2. The third-order valence-electron chi connectivity index (χ3n) is 3.54. The van der Waals surface area contributed by atoms with Crippen molar-refractivity contribution in [3.05, 3.63) is 45.2 Å². The highest BCUT2D eigenvalue weighted by molar-refractivity contribution is 7.99. The molecule has 0 unspecified atom stereocenters. The lowest BCUT2D eigenvalue weighted by molar-refractivity contribution is 0.0970.